The van der Waals surface area contributed by atoms with Crippen molar-refractivity contribution >= 4 is 33.0 Å². The molecular weight excluding hydrogens is 412 g/mol. The summed E-state index contributed by atoms with van der Waals surface area (Å²) in [7, 11) is -3.74. The number of fused-ring (bicyclic) bond motifs is 1. The Kier molecular flexibility index (Phi) is 4.49. The highest BCUT2D eigenvalue weighted by Crippen LogP contribution is 2.37. The van der Waals surface area contributed by atoms with E-state index < -0.39 is 10.0 Å². The Balaban J connectivity index is 1.30. The number of hydrogen-bond acceptors (Lipinski definition) is 7. The van der Waals surface area contributed by atoms with Crippen molar-refractivity contribution in [2.75, 3.05) is 11.4 Å². The number of thiophene rings is 1. The number of aromatic nitrogens is 2. The molecule has 150 valence electrons. The van der Waals surface area contributed by atoms with Crippen molar-refractivity contribution in [3.8, 4) is 10.7 Å². The molecule has 0 bridgehead atoms. The molecule has 1 N–H and O–H groups in total. The maximum absolute atomic E-state index is 12.7. The van der Waals surface area contributed by atoms with Crippen LogP contribution < -0.4 is 9.62 Å². The number of benzene rings is 1. The number of rotatable bonds is 6. The second-order valence-corrected chi connectivity index (χ2v) is 9.83. The number of carbonyl (C=O) groups is 1. The zero-order valence-electron chi connectivity index (χ0n) is 15.4. The van der Waals surface area contributed by atoms with Crippen LogP contribution >= 0.6 is 11.3 Å². The fourth-order valence-electron chi connectivity index (χ4n) is 3.40. The van der Waals surface area contributed by atoms with Crippen LogP contribution in [0.3, 0.4) is 0 Å². The number of carbonyl (C=O) groups excluding carboxylic acids is 1. The molecule has 1 saturated carbocycles. The lowest BCUT2D eigenvalue weighted by Crippen LogP contribution is -2.30. The Morgan fingerprint density at radius 1 is 1.31 bits per heavy atom. The van der Waals surface area contributed by atoms with Gasteiger partial charge in [-0.15, -0.1) is 11.3 Å². The maximum Gasteiger partial charge on any atom is 0.242 e. The molecule has 1 aromatic carbocycles. The van der Waals surface area contributed by atoms with E-state index in [4.69, 9.17) is 4.52 Å². The Hall–Kier alpha value is -2.56. The van der Waals surface area contributed by atoms with E-state index in [-0.39, 0.29) is 29.2 Å². The van der Waals surface area contributed by atoms with Crippen LogP contribution in [0.1, 0.15) is 24.3 Å². The third kappa shape index (κ3) is 3.59. The molecule has 2 aliphatic rings. The Morgan fingerprint density at radius 3 is 2.93 bits per heavy atom. The average Bonchev–Trinajstić information content (AvgIpc) is 3.13. The highest BCUT2D eigenvalue weighted by atomic mass is 32.2. The van der Waals surface area contributed by atoms with Crippen LogP contribution in [0.4, 0.5) is 5.69 Å². The third-order valence-electron chi connectivity index (χ3n) is 5.07. The number of anilines is 1. The molecule has 29 heavy (non-hydrogen) atoms. The molecule has 2 aromatic heterocycles. The van der Waals surface area contributed by atoms with Gasteiger partial charge in [-0.25, -0.2) is 13.1 Å². The SMILES string of the molecule is O=C(C1CC1)N1CCc2cc(S(=O)(=O)NCc3nc(-c4cccs4)no3)ccc21. The number of nitrogens with zero attached hydrogens (tertiary/aromatic N) is 3. The maximum atomic E-state index is 12.7. The number of nitrogens with one attached hydrogen (secondary N) is 1. The first kappa shape index (κ1) is 18.5. The van der Waals surface area contributed by atoms with Gasteiger partial charge in [0, 0.05) is 18.2 Å². The van der Waals surface area contributed by atoms with Crippen molar-refractivity contribution in [2.24, 2.45) is 5.92 Å². The molecule has 10 heteroatoms. The molecule has 1 amide bonds. The van der Waals surface area contributed by atoms with E-state index in [1.54, 1.807) is 17.0 Å². The van der Waals surface area contributed by atoms with Crippen molar-refractivity contribution < 1.29 is 17.7 Å². The van der Waals surface area contributed by atoms with Crippen LogP contribution in [0.15, 0.2) is 45.1 Å². The predicted octanol–water partition coefficient (Wildman–Crippen LogP) is 2.58. The van der Waals surface area contributed by atoms with E-state index in [2.05, 4.69) is 14.9 Å². The lowest BCUT2D eigenvalue weighted by Gasteiger charge is -2.17. The zero-order valence-corrected chi connectivity index (χ0v) is 17.0. The van der Waals surface area contributed by atoms with E-state index >= 15 is 0 Å². The number of amides is 1. The molecule has 0 radical (unpaired) electrons. The minimum Gasteiger partial charge on any atom is -0.337 e. The molecule has 5 rings (SSSR count). The summed E-state index contributed by atoms with van der Waals surface area (Å²) < 4.78 is 33.0. The molecule has 8 nitrogen and oxygen atoms in total. The highest BCUT2D eigenvalue weighted by molar-refractivity contribution is 7.89. The summed E-state index contributed by atoms with van der Waals surface area (Å²) >= 11 is 1.48. The molecule has 0 saturated heterocycles. The van der Waals surface area contributed by atoms with Crippen molar-refractivity contribution in [3.63, 3.8) is 0 Å². The number of sulfonamides is 1. The first-order valence-corrected chi connectivity index (χ1v) is 11.7. The van der Waals surface area contributed by atoms with E-state index in [0.717, 1.165) is 29.0 Å². The van der Waals surface area contributed by atoms with E-state index in [9.17, 15) is 13.2 Å². The average molecular weight is 431 g/mol. The van der Waals surface area contributed by atoms with Gasteiger partial charge in [0.15, 0.2) is 0 Å². The smallest absolute Gasteiger partial charge is 0.242 e. The normalized spacial score (nSPS) is 16.2. The molecule has 3 aromatic rings. The fraction of sp³-hybridized carbons (Fsp3) is 0.316. The van der Waals surface area contributed by atoms with Crippen LogP contribution in [0.25, 0.3) is 10.7 Å². The van der Waals surface area contributed by atoms with Gasteiger partial charge in [-0.2, -0.15) is 4.98 Å². The third-order valence-corrected chi connectivity index (χ3v) is 7.34. The van der Waals surface area contributed by atoms with Gasteiger partial charge in [-0.3, -0.25) is 4.79 Å². The van der Waals surface area contributed by atoms with Crippen molar-refractivity contribution in [2.45, 2.75) is 30.7 Å². The van der Waals surface area contributed by atoms with Crippen LogP contribution in [0, 0.1) is 5.92 Å². The standard InChI is InChI=1S/C19H18N4O4S2/c24-19(12-3-4-12)23-8-7-13-10-14(5-6-15(13)23)29(25,26)20-11-17-21-18(22-27-17)16-2-1-9-28-16/h1-2,5-6,9-10,12,20H,3-4,7-8,11H2. The Labute approximate surface area is 171 Å². The molecule has 1 fully saturated rings. The van der Waals surface area contributed by atoms with Gasteiger partial charge in [-0.05, 0) is 54.5 Å². The predicted molar refractivity (Wildman–Crippen MR) is 107 cm³/mol. The summed E-state index contributed by atoms with van der Waals surface area (Å²) in [6.45, 7) is 0.513. The van der Waals surface area contributed by atoms with Crippen molar-refractivity contribution in [3.05, 3.63) is 47.2 Å². The fourth-order valence-corrected chi connectivity index (χ4v) is 5.07. The minimum absolute atomic E-state index is 0.0932. The minimum atomic E-state index is -3.74. The molecule has 0 spiro atoms. The van der Waals surface area contributed by atoms with Crippen LogP contribution in [0.2, 0.25) is 0 Å². The lowest BCUT2D eigenvalue weighted by molar-refractivity contribution is -0.119. The van der Waals surface area contributed by atoms with Gasteiger partial charge in [0.25, 0.3) is 0 Å². The van der Waals surface area contributed by atoms with Gasteiger partial charge >= 0.3 is 0 Å². The summed E-state index contributed by atoms with van der Waals surface area (Å²) in [5.41, 5.74) is 1.69. The van der Waals surface area contributed by atoms with Gasteiger partial charge in [0.1, 0.15) is 0 Å². The van der Waals surface area contributed by atoms with Gasteiger partial charge < -0.3 is 9.42 Å². The van der Waals surface area contributed by atoms with Gasteiger partial charge in [0.2, 0.25) is 27.6 Å². The molecule has 1 aliphatic heterocycles. The summed E-state index contributed by atoms with van der Waals surface area (Å²) in [5.74, 6) is 0.918. The highest BCUT2D eigenvalue weighted by Gasteiger charge is 2.36. The molecule has 1 aliphatic carbocycles. The van der Waals surface area contributed by atoms with E-state index in [1.165, 1.54) is 17.4 Å². The van der Waals surface area contributed by atoms with Crippen molar-refractivity contribution in [1.82, 2.24) is 14.9 Å². The first-order valence-electron chi connectivity index (χ1n) is 9.32. The van der Waals surface area contributed by atoms with E-state index in [1.807, 2.05) is 17.5 Å². The van der Waals surface area contributed by atoms with Crippen LogP contribution in [-0.4, -0.2) is 31.0 Å². The second kappa shape index (κ2) is 7.05. The van der Waals surface area contributed by atoms with Gasteiger partial charge in [0.05, 0.1) is 16.3 Å². The number of hydrogen-bond donors (Lipinski definition) is 1. The molecule has 0 unspecified atom stereocenters. The van der Waals surface area contributed by atoms with Crippen LogP contribution in [0.5, 0.6) is 0 Å². The first-order chi connectivity index (χ1) is 14.0. The molecule has 0 atom stereocenters. The molecule has 3 heterocycles. The van der Waals surface area contributed by atoms with Crippen LogP contribution in [-0.2, 0) is 27.8 Å². The molecular formula is C19H18N4O4S2. The van der Waals surface area contributed by atoms with Gasteiger partial charge in [-0.1, -0.05) is 11.2 Å². The Morgan fingerprint density at radius 2 is 2.17 bits per heavy atom. The topological polar surface area (TPSA) is 105 Å². The summed E-state index contributed by atoms with van der Waals surface area (Å²) in [6.07, 6.45) is 2.56. The summed E-state index contributed by atoms with van der Waals surface area (Å²) in [5, 5.41) is 5.78. The summed E-state index contributed by atoms with van der Waals surface area (Å²) in [4.78, 5) is 19.4. The quantitative estimate of drug-likeness (QED) is 0.644. The Bertz CT molecular complexity index is 1170. The van der Waals surface area contributed by atoms with Crippen molar-refractivity contribution in [1.29, 1.82) is 0 Å². The monoisotopic (exact) mass is 430 g/mol. The zero-order chi connectivity index (χ0) is 20.0. The largest absolute Gasteiger partial charge is 0.337 e. The summed E-state index contributed by atoms with van der Waals surface area (Å²) in [6, 6.07) is 8.64. The second-order valence-electron chi connectivity index (χ2n) is 7.12. The van der Waals surface area contributed by atoms with E-state index in [0.29, 0.717) is 18.8 Å². The lowest BCUT2D eigenvalue weighted by atomic mass is 10.2.